The highest BCUT2D eigenvalue weighted by Gasteiger charge is 2.42. The standard InChI is InChI=1S/C9H7N3O2/c13-8(14)9(11-5-6-12-9)7-3-1-2-4-10-7/h1-6H,(H,13,14). The molecule has 0 bridgehead atoms. The number of aromatic nitrogens is 1. The minimum Gasteiger partial charge on any atom is -0.478 e. The molecule has 0 unspecified atom stereocenters. The van der Waals surface area contributed by atoms with E-state index >= 15 is 0 Å². The molecule has 70 valence electrons. The Balaban J connectivity index is 2.54. The Morgan fingerprint density at radius 3 is 2.50 bits per heavy atom. The highest BCUT2D eigenvalue weighted by atomic mass is 16.4. The first-order chi connectivity index (χ1) is 6.76. The molecule has 0 aliphatic carbocycles. The lowest BCUT2D eigenvalue weighted by Crippen LogP contribution is -2.31. The second-order valence-electron chi connectivity index (χ2n) is 2.75. The third-order valence-corrected chi connectivity index (χ3v) is 1.91. The number of hydrogen-bond donors (Lipinski definition) is 1. The molecule has 0 saturated carbocycles. The number of aliphatic carboxylic acids is 1. The van der Waals surface area contributed by atoms with E-state index in [1.54, 1.807) is 18.2 Å². The molecule has 0 saturated heterocycles. The van der Waals surface area contributed by atoms with Gasteiger partial charge in [-0.15, -0.1) is 0 Å². The van der Waals surface area contributed by atoms with Crippen molar-refractivity contribution in [2.75, 3.05) is 0 Å². The van der Waals surface area contributed by atoms with Gasteiger partial charge in [-0.3, -0.25) is 4.98 Å². The third kappa shape index (κ3) is 1.10. The van der Waals surface area contributed by atoms with Crippen molar-refractivity contribution in [1.82, 2.24) is 4.98 Å². The van der Waals surface area contributed by atoms with Gasteiger partial charge in [0.2, 0.25) is 0 Å². The van der Waals surface area contributed by atoms with Gasteiger partial charge in [0.1, 0.15) is 5.69 Å². The second kappa shape index (κ2) is 3.02. The molecule has 0 amide bonds. The summed E-state index contributed by atoms with van der Waals surface area (Å²) in [6.07, 6.45) is 4.25. The number of nitrogens with zero attached hydrogens (tertiary/aromatic N) is 3. The van der Waals surface area contributed by atoms with Crippen LogP contribution in [0.4, 0.5) is 0 Å². The molecule has 5 nitrogen and oxygen atoms in total. The molecule has 1 aliphatic rings. The zero-order valence-corrected chi connectivity index (χ0v) is 7.16. The minimum absolute atomic E-state index is 0.317. The zero-order chi connectivity index (χ0) is 10.0. The summed E-state index contributed by atoms with van der Waals surface area (Å²) in [7, 11) is 0. The van der Waals surface area contributed by atoms with E-state index in [4.69, 9.17) is 5.11 Å². The molecule has 2 rings (SSSR count). The number of rotatable bonds is 2. The summed E-state index contributed by atoms with van der Waals surface area (Å²) in [6.45, 7) is 0. The van der Waals surface area contributed by atoms with Crippen LogP contribution in [0.25, 0.3) is 0 Å². The second-order valence-corrected chi connectivity index (χ2v) is 2.75. The molecule has 2 heterocycles. The van der Waals surface area contributed by atoms with Crippen molar-refractivity contribution >= 4 is 18.4 Å². The van der Waals surface area contributed by atoms with Gasteiger partial charge in [0, 0.05) is 18.6 Å². The monoisotopic (exact) mass is 189 g/mol. The molecule has 5 heteroatoms. The van der Waals surface area contributed by atoms with Crippen LogP contribution in [-0.2, 0) is 10.5 Å². The van der Waals surface area contributed by atoms with Crippen LogP contribution in [0.3, 0.4) is 0 Å². The summed E-state index contributed by atoms with van der Waals surface area (Å²) in [5.41, 5.74) is -1.25. The fraction of sp³-hybridized carbons (Fsp3) is 0.111. The molecule has 1 aliphatic heterocycles. The Morgan fingerprint density at radius 1 is 1.29 bits per heavy atom. The number of aliphatic imine (C=N–C) groups is 2. The molecule has 1 aromatic rings. The van der Waals surface area contributed by atoms with Crippen LogP contribution in [0.1, 0.15) is 5.69 Å². The van der Waals surface area contributed by atoms with Gasteiger partial charge in [0.15, 0.2) is 0 Å². The van der Waals surface area contributed by atoms with Crippen molar-refractivity contribution in [1.29, 1.82) is 0 Å². The van der Waals surface area contributed by atoms with Crippen molar-refractivity contribution in [3.05, 3.63) is 30.1 Å². The Morgan fingerprint density at radius 2 is 2.00 bits per heavy atom. The molecule has 0 radical (unpaired) electrons. The average Bonchev–Trinajstić information content (AvgIpc) is 2.69. The highest BCUT2D eigenvalue weighted by Crippen LogP contribution is 2.27. The van der Waals surface area contributed by atoms with Crippen LogP contribution in [0, 0.1) is 0 Å². The van der Waals surface area contributed by atoms with Crippen molar-refractivity contribution in [2.45, 2.75) is 5.66 Å². The van der Waals surface area contributed by atoms with E-state index in [-0.39, 0.29) is 0 Å². The lowest BCUT2D eigenvalue weighted by atomic mass is 10.1. The average molecular weight is 189 g/mol. The largest absolute Gasteiger partial charge is 0.478 e. The van der Waals surface area contributed by atoms with Crippen LogP contribution in [-0.4, -0.2) is 28.5 Å². The van der Waals surface area contributed by atoms with Gasteiger partial charge in [0.25, 0.3) is 5.66 Å². The predicted octanol–water partition coefficient (Wildman–Crippen LogP) is 0.474. The van der Waals surface area contributed by atoms with Crippen LogP contribution in [0.5, 0.6) is 0 Å². The van der Waals surface area contributed by atoms with Gasteiger partial charge in [0.05, 0.1) is 0 Å². The first-order valence-corrected chi connectivity index (χ1v) is 4.00. The number of pyridine rings is 1. The van der Waals surface area contributed by atoms with Gasteiger partial charge < -0.3 is 5.11 Å². The van der Waals surface area contributed by atoms with E-state index in [0.717, 1.165) is 0 Å². The minimum atomic E-state index is -1.57. The van der Waals surface area contributed by atoms with Crippen molar-refractivity contribution < 1.29 is 9.90 Å². The van der Waals surface area contributed by atoms with E-state index in [1.165, 1.54) is 18.6 Å². The van der Waals surface area contributed by atoms with Crippen LogP contribution in [0.15, 0.2) is 34.4 Å². The summed E-state index contributed by atoms with van der Waals surface area (Å²) in [5, 5.41) is 9.05. The van der Waals surface area contributed by atoms with Crippen molar-refractivity contribution in [2.24, 2.45) is 9.98 Å². The van der Waals surface area contributed by atoms with Crippen LogP contribution < -0.4 is 0 Å². The highest BCUT2D eigenvalue weighted by molar-refractivity contribution is 6.19. The topological polar surface area (TPSA) is 74.9 Å². The van der Waals surface area contributed by atoms with E-state index in [9.17, 15) is 4.79 Å². The third-order valence-electron chi connectivity index (χ3n) is 1.91. The van der Waals surface area contributed by atoms with E-state index in [2.05, 4.69) is 15.0 Å². The first kappa shape index (κ1) is 8.55. The number of carboxylic acid groups (broad SMARTS) is 1. The van der Waals surface area contributed by atoms with Gasteiger partial charge in [-0.2, -0.15) is 0 Å². The Bertz CT molecular complexity index is 399. The van der Waals surface area contributed by atoms with Gasteiger partial charge >= 0.3 is 5.97 Å². The van der Waals surface area contributed by atoms with Crippen LogP contribution in [0.2, 0.25) is 0 Å². The fourth-order valence-corrected chi connectivity index (χ4v) is 1.24. The normalized spacial score (nSPS) is 17.1. The molecule has 0 aromatic carbocycles. The summed E-state index contributed by atoms with van der Waals surface area (Å²) in [4.78, 5) is 22.7. The lowest BCUT2D eigenvalue weighted by Gasteiger charge is -2.16. The van der Waals surface area contributed by atoms with E-state index < -0.39 is 11.6 Å². The summed E-state index contributed by atoms with van der Waals surface area (Å²) >= 11 is 0. The molecule has 0 fully saturated rings. The summed E-state index contributed by atoms with van der Waals surface area (Å²) in [6, 6.07) is 5.01. The molecular weight excluding hydrogens is 182 g/mol. The summed E-state index contributed by atoms with van der Waals surface area (Å²) in [5.74, 6) is -1.12. The van der Waals surface area contributed by atoms with E-state index in [1.807, 2.05) is 0 Å². The molecule has 14 heavy (non-hydrogen) atoms. The first-order valence-electron chi connectivity index (χ1n) is 4.00. The Kier molecular flexibility index (Phi) is 1.85. The molecular formula is C9H7N3O2. The maximum atomic E-state index is 11.1. The lowest BCUT2D eigenvalue weighted by molar-refractivity contribution is -0.143. The van der Waals surface area contributed by atoms with Crippen LogP contribution >= 0.6 is 0 Å². The number of hydrogen-bond acceptors (Lipinski definition) is 4. The molecule has 0 atom stereocenters. The Hall–Kier alpha value is -2.04. The van der Waals surface area contributed by atoms with Gasteiger partial charge in [-0.05, 0) is 12.1 Å². The number of carbonyl (C=O) groups is 1. The van der Waals surface area contributed by atoms with Gasteiger partial charge in [-0.25, -0.2) is 14.8 Å². The number of carboxylic acids is 1. The quantitative estimate of drug-likeness (QED) is 0.734. The molecule has 1 aromatic heterocycles. The van der Waals surface area contributed by atoms with Gasteiger partial charge in [-0.1, -0.05) is 6.07 Å². The van der Waals surface area contributed by atoms with E-state index in [0.29, 0.717) is 5.69 Å². The molecule has 0 spiro atoms. The zero-order valence-electron chi connectivity index (χ0n) is 7.16. The fourth-order valence-electron chi connectivity index (χ4n) is 1.24. The Labute approximate surface area is 79.9 Å². The molecule has 1 N–H and O–H groups in total. The predicted molar refractivity (Wildman–Crippen MR) is 50.5 cm³/mol. The van der Waals surface area contributed by atoms with Crippen molar-refractivity contribution in [3.8, 4) is 0 Å². The smallest absolute Gasteiger partial charge is 0.361 e. The maximum Gasteiger partial charge on any atom is 0.361 e. The van der Waals surface area contributed by atoms with Crippen molar-refractivity contribution in [3.63, 3.8) is 0 Å². The maximum absolute atomic E-state index is 11.1. The summed E-state index contributed by atoms with van der Waals surface area (Å²) < 4.78 is 0. The SMILES string of the molecule is O=C(O)C1(c2ccccn2)N=CC=N1.